The minimum atomic E-state index is 0.361. The molecule has 7 heteroatoms. The fourth-order valence-corrected chi connectivity index (χ4v) is 3.03. The summed E-state index contributed by atoms with van der Waals surface area (Å²) in [7, 11) is 1.62. The number of hydrogen-bond donors (Lipinski definition) is 2. The predicted octanol–water partition coefficient (Wildman–Crippen LogP) is 4.95. The summed E-state index contributed by atoms with van der Waals surface area (Å²) in [5, 5.41) is 15.0. The molecule has 0 fully saturated rings. The maximum atomic E-state index is 6.35. The van der Waals surface area contributed by atoms with E-state index in [4.69, 9.17) is 16.3 Å². The molecule has 2 aromatic carbocycles. The number of methoxy groups -OCH3 is 1. The molecular formula is C19H20ClN5O. The summed E-state index contributed by atoms with van der Waals surface area (Å²) in [4.78, 5) is 4.46. The van der Waals surface area contributed by atoms with Crippen LogP contribution in [-0.4, -0.2) is 22.3 Å². The maximum absolute atomic E-state index is 6.35. The number of aryl methyl sites for hydroxylation is 3. The lowest BCUT2D eigenvalue weighted by molar-refractivity contribution is 0.416. The van der Waals surface area contributed by atoms with E-state index in [9.17, 15) is 0 Å². The fourth-order valence-electron chi connectivity index (χ4n) is 2.66. The maximum Gasteiger partial charge on any atom is 0.249 e. The Morgan fingerprint density at radius 3 is 2.54 bits per heavy atom. The Morgan fingerprint density at radius 1 is 1.00 bits per heavy atom. The Hall–Kier alpha value is -2.86. The number of rotatable bonds is 5. The third-order valence-corrected chi connectivity index (χ3v) is 4.14. The standard InChI is InChI=1S/C19H20ClN5O/c1-11-5-6-16(26-4)15(9-11)22-19-24-17(10-21-25-19)23-18-13(3)7-12(2)8-14(18)20/h5-10H,1-4H3,(H2,22,23,24,25). The molecule has 0 saturated heterocycles. The van der Waals surface area contributed by atoms with Gasteiger partial charge in [-0.15, -0.1) is 5.10 Å². The fraction of sp³-hybridized carbons (Fsp3) is 0.211. The summed E-state index contributed by atoms with van der Waals surface area (Å²) in [6.07, 6.45) is 1.55. The number of hydrogen-bond acceptors (Lipinski definition) is 6. The van der Waals surface area contributed by atoms with Gasteiger partial charge in [0.1, 0.15) is 5.75 Å². The van der Waals surface area contributed by atoms with Crippen LogP contribution in [0.1, 0.15) is 16.7 Å². The van der Waals surface area contributed by atoms with Crippen molar-refractivity contribution in [1.29, 1.82) is 0 Å². The lowest BCUT2D eigenvalue weighted by Crippen LogP contribution is -2.04. The SMILES string of the molecule is COc1ccc(C)cc1Nc1nncc(Nc2c(C)cc(C)cc2Cl)n1. The van der Waals surface area contributed by atoms with Crippen LogP contribution in [0.2, 0.25) is 5.02 Å². The van der Waals surface area contributed by atoms with Gasteiger partial charge in [0.2, 0.25) is 5.95 Å². The minimum Gasteiger partial charge on any atom is -0.495 e. The van der Waals surface area contributed by atoms with Crippen LogP contribution >= 0.6 is 11.6 Å². The molecule has 1 heterocycles. The molecule has 3 rings (SSSR count). The summed E-state index contributed by atoms with van der Waals surface area (Å²) in [5.41, 5.74) is 4.81. The molecule has 1 aromatic heterocycles. The zero-order valence-electron chi connectivity index (χ0n) is 15.1. The van der Waals surface area contributed by atoms with Gasteiger partial charge in [-0.05, 0) is 55.7 Å². The van der Waals surface area contributed by atoms with E-state index in [1.54, 1.807) is 13.3 Å². The number of nitrogens with zero attached hydrogens (tertiary/aromatic N) is 3. The van der Waals surface area contributed by atoms with E-state index < -0.39 is 0 Å². The second-order valence-corrected chi connectivity index (χ2v) is 6.46. The summed E-state index contributed by atoms with van der Waals surface area (Å²) < 4.78 is 5.37. The van der Waals surface area contributed by atoms with Crippen LogP contribution in [0.25, 0.3) is 0 Å². The first-order valence-corrected chi connectivity index (χ1v) is 8.49. The van der Waals surface area contributed by atoms with E-state index in [-0.39, 0.29) is 0 Å². The molecule has 2 N–H and O–H groups in total. The van der Waals surface area contributed by atoms with Crippen LogP contribution in [0.3, 0.4) is 0 Å². The van der Waals surface area contributed by atoms with Crippen LogP contribution < -0.4 is 15.4 Å². The largest absolute Gasteiger partial charge is 0.495 e. The number of ether oxygens (including phenoxy) is 1. The van der Waals surface area contributed by atoms with Crippen molar-refractivity contribution in [2.75, 3.05) is 17.7 Å². The first-order chi connectivity index (χ1) is 12.5. The lowest BCUT2D eigenvalue weighted by Gasteiger charge is -2.13. The number of benzene rings is 2. The van der Waals surface area contributed by atoms with E-state index in [0.717, 1.165) is 28.1 Å². The predicted molar refractivity (Wildman–Crippen MR) is 105 cm³/mol. The highest BCUT2D eigenvalue weighted by atomic mass is 35.5. The highest BCUT2D eigenvalue weighted by molar-refractivity contribution is 6.33. The van der Waals surface area contributed by atoms with E-state index in [2.05, 4.69) is 31.9 Å². The number of aromatic nitrogens is 3. The molecule has 0 atom stereocenters. The van der Waals surface area contributed by atoms with Crippen LogP contribution in [0.4, 0.5) is 23.1 Å². The quantitative estimate of drug-likeness (QED) is 0.663. The highest BCUT2D eigenvalue weighted by Crippen LogP contribution is 2.30. The van der Waals surface area contributed by atoms with E-state index in [1.165, 1.54) is 0 Å². The molecule has 0 saturated carbocycles. The van der Waals surface area contributed by atoms with Gasteiger partial charge in [-0.1, -0.05) is 23.7 Å². The molecule has 0 radical (unpaired) electrons. The van der Waals surface area contributed by atoms with Crippen molar-refractivity contribution in [2.45, 2.75) is 20.8 Å². The molecule has 26 heavy (non-hydrogen) atoms. The normalized spacial score (nSPS) is 10.5. The molecule has 0 bridgehead atoms. The zero-order chi connectivity index (χ0) is 18.7. The van der Waals surface area contributed by atoms with Gasteiger partial charge in [0.05, 0.1) is 29.7 Å². The third-order valence-electron chi connectivity index (χ3n) is 3.85. The second-order valence-electron chi connectivity index (χ2n) is 6.06. The van der Waals surface area contributed by atoms with Crippen molar-refractivity contribution >= 4 is 34.7 Å². The smallest absolute Gasteiger partial charge is 0.249 e. The molecule has 0 aliphatic heterocycles. The second kappa shape index (κ2) is 7.58. The molecule has 134 valence electrons. The molecule has 0 spiro atoms. The van der Waals surface area contributed by atoms with Crippen LogP contribution in [0.5, 0.6) is 5.75 Å². The van der Waals surface area contributed by atoms with E-state index in [0.29, 0.717) is 22.5 Å². The van der Waals surface area contributed by atoms with Crippen LogP contribution in [-0.2, 0) is 0 Å². The van der Waals surface area contributed by atoms with Gasteiger partial charge >= 0.3 is 0 Å². The van der Waals surface area contributed by atoms with Gasteiger partial charge < -0.3 is 15.4 Å². The lowest BCUT2D eigenvalue weighted by atomic mass is 10.1. The summed E-state index contributed by atoms with van der Waals surface area (Å²) in [6.45, 7) is 6.00. The summed E-state index contributed by atoms with van der Waals surface area (Å²) in [5.74, 6) is 1.61. The Labute approximate surface area is 157 Å². The zero-order valence-corrected chi connectivity index (χ0v) is 15.8. The molecule has 0 aliphatic rings. The average Bonchev–Trinajstić information content (AvgIpc) is 2.59. The third kappa shape index (κ3) is 4.03. The average molecular weight is 370 g/mol. The number of anilines is 4. The molecule has 0 unspecified atom stereocenters. The molecule has 6 nitrogen and oxygen atoms in total. The highest BCUT2D eigenvalue weighted by Gasteiger charge is 2.10. The van der Waals surface area contributed by atoms with Crippen molar-refractivity contribution in [3.63, 3.8) is 0 Å². The Morgan fingerprint density at radius 2 is 1.81 bits per heavy atom. The van der Waals surface area contributed by atoms with Crippen molar-refractivity contribution in [1.82, 2.24) is 15.2 Å². The Bertz CT molecular complexity index is 922. The number of nitrogens with one attached hydrogen (secondary N) is 2. The van der Waals surface area contributed by atoms with Crippen molar-refractivity contribution < 1.29 is 4.74 Å². The van der Waals surface area contributed by atoms with Crippen molar-refractivity contribution in [3.05, 3.63) is 58.2 Å². The van der Waals surface area contributed by atoms with E-state index in [1.807, 2.05) is 45.0 Å². The summed E-state index contributed by atoms with van der Waals surface area (Å²) in [6, 6.07) is 9.79. The van der Waals surface area contributed by atoms with Crippen molar-refractivity contribution in [3.8, 4) is 5.75 Å². The topological polar surface area (TPSA) is 72.0 Å². The van der Waals surface area contributed by atoms with Crippen LogP contribution in [0.15, 0.2) is 36.5 Å². The first kappa shape index (κ1) is 17.9. The van der Waals surface area contributed by atoms with E-state index >= 15 is 0 Å². The first-order valence-electron chi connectivity index (χ1n) is 8.11. The van der Waals surface area contributed by atoms with Gasteiger partial charge in [-0.2, -0.15) is 10.1 Å². The van der Waals surface area contributed by atoms with Crippen molar-refractivity contribution in [2.24, 2.45) is 0 Å². The van der Waals surface area contributed by atoms with Crippen LogP contribution in [0, 0.1) is 20.8 Å². The molecular weight excluding hydrogens is 350 g/mol. The van der Waals surface area contributed by atoms with Gasteiger partial charge in [0.15, 0.2) is 5.82 Å². The van der Waals surface area contributed by atoms with Gasteiger partial charge in [0.25, 0.3) is 0 Å². The Balaban J connectivity index is 1.87. The molecule has 0 amide bonds. The minimum absolute atomic E-state index is 0.361. The Kier molecular flexibility index (Phi) is 5.23. The van der Waals surface area contributed by atoms with Gasteiger partial charge in [-0.25, -0.2) is 0 Å². The molecule has 3 aromatic rings. The van der Waals surface area contributed by atoms with Gasteiger partial charge in [-0.3, -0.25) is 0 Å². The molecule has 0 aliphatic carbocycles. The summed E-state index contributed by atoms with van der Waals surface area (Å²) >= 11 is 6.35. The monoisotopic (exact) mass is 369 g/mol. The number of halogens is 1. The van der Waals surface area contributed by atoms with Gasteiger partial charge in [0, 0.05) is 0 Å².